The minimum atomic E-state index is -0.924. The van der Waals surface area contributed by atoms with E-state index in [1.807, 2.05) is 56.3 Å². The van der Waals surface area contributed by atoms with Crippen molar-refractivity contribution in [1.82, 2.24) is 26.1 Å². The molecule has 1 aromatic carbocycles. The number of carbonyl (C=O) groups is 4. The second-order valence-corrected chi connectivity index (χ2v) is 12.7. The SMILES string of the molecule is CC(C)C1NC(=O)[C@]2(/C=C/c3ccc4ccc(nc4c3)[C@@H](C)OC(=O)[C@@H]3CCCN(N3)C(=O)[C@H](C)NC1=O)CC[C@@H](O)CC2. The summed E-state index contributed by atoms with van der Waals surface area (Å²) in [5, 5.41) is 18.3. The van der Waals surface area contributed by atoms with E-state index >= 15 is 0 Å². The average molecular weight is 606 g/mol. The van der Waals surface area contributed by atoms with E-state index in [0.717, 1.165) is 10.9 Å². The Kier molecular flexibility index (Phi) is 9.36. The van der Waals surface area contributed by atoms with Gasteiger partial charge in [-0.1, -0.05) is 44.2 Å². The Bertz CT molecular complexity index is 1450. The van der Waals surface area contributed by atoms with E-state index in [9.17, 15) is 24.3 Å². The van der Waals surface area contributed by atoms with Gasteiger partial charge >= 0.3 is 5.97 Å². The molecule has 1 aliphatic carbocycles. The first-order chi connectivity index (χ1) is 21.0. The Morgan fingerprint density at radius 3 is 2.48 bits per heavy atom. The summed E-state index contributed by atoms with van der Waals surface area (Å²) in [6, 6.07) is 7.07. The number of pyridine rings is 1. The number of aliphatic hydroxyl groups is 1. The molecule has 5 bridgehead atoms. The van der Waals surface area contributed by atoms with Crippen LogP contribution in [0.15, 0.2) is 36.4 Å². The summed E-state index contributed by atoms with van der Waals surface area (Å²) in [5.74, 6) is -1.89. The number of nitrogens with zero attached hydrogens (tertiary/aromatic N) is 2. The maximum Gasteiger partial charge on any atom is 0.325 e. The van der Waals surface area contributed by atoms with Crippen LogP contribution in [0.25, 0.3) is 17.0 Å². The molecular formula is C33H43N5O6. The molecule has 5 rings (SSSR count). The number of esters is 1. The average Bonchev–Trinajstić information content (AvgIpc) is 3.01. The Hall–Kier alpha value is -3.83. The lowest BCUT2D eigenvalue weighted by Crippen LogP contribution is -2.61. The number of benzene rings is 1. The number of cyclic esters (lactones) is 1. The first kappa shape index (κ1) is 31.6. The molecule has 1 aromatic heterocycles. The van der Waals surface area contributed by atoms with Gasteiger partial charge in [0, 0.05) is 11.9 Å². The van der Waals surface area contributed by atoms with Crippen molar-refractivity contribution in [2.45, 2.75) is 96.6 Å². The largest absolute Gasteiger partial charge is 0.455 e. The quantitative estimate of drug-likeness (QED) is 0.363. The molecule has 2 aliphatic heterocycles. The minimum absolute atomic E-state index is 0.256. The van der Waals surface area contributed by atoms with Gasteiger partial charge in [0.1, 0.15) is 24.2 Å². The molecule has 4 atom stereocenters. The number of aliphatic hydroxyl groups excluding tert-OH is 1. The monoisotopic (exact) mass is 605 g/mol. The maximum atomic E-state index is 14.0. The lowest BCUT2D eigenvalue weighted by atomic mass is 9.71. The van der Waals surface area contributed by atoms with Gasteiger partial charge in [-0.3, -0.25) is 24.2 Å². The van der Waals surface area contributed by atoms with Crippen LogP contribution >= 0.6 is 0 Å². The number of amides is 3. The van der Waals surface area contributed by atoms with Gasteiger partial charge in [0.15, 0.2) is 0 Å². The summed E-state index contributed by atoms with van der Waals surface area (Å²) in [6.45, 7) is 7.40. The van der Waals surface area contributed by atoms with Crippen LogP contribution < -0.4 is 16.1 Å². The van der Waals surface area contributed by atoms with Gasteiger partial charge in [0.25, 0.3) is 5.91 Å². The van der Waals surface area contributed by atoms with Crippen LogP contribution in [-0.4, -0.2) is 69.6 Å². The zero-order valence-corrected chi connectivity index (χ0v) is 25.8. The van der Waals surface area contributed by atoms with Crippen LogP contribution in [0.4, 0.5) is 0 Å². The summed E-state index contributed by atoms with van der Waals surface area (Å²) in [4.78, 5) is 58.7. The van der Waals surface area contributed by atoms with Gasteiger partial charge in [0.2, 0.25) is 11.8 Å². The van der Waals surface area contributed by atoms with Gasteiger partial charge in [-0.2, -0.15) is 0 Å². The smallest absolute Gasteiger partial charge is 0.325 e. The van der Waals surface area contributed by atoms with E-state index in [4.69, 9.17) is 9.72 Å². The van der Waals surface area contributed by atoms with Gasteiger partial charge in [-0.25, -0.2) is 10.4 Å². The van der Waals surface area contributed by atoms with Crippen molar-refractivity contribution in [2.75, 3.05) is 6.54 Å². The number of aromatic nitrogens is 1. The molecule has 4 N–H and O–H groups in total. The van der Waals surface area contributed by atoms with Crippen molar-refractivity contribution < 1.29 is 29.0 Å². The highest BCUT2D eigenvalue weighted by molar-refractivity contribution is 5.94. The van der Waals surface area contributed by atoms with Gasteiger partial charge < -0.3 is 20.5 Å². The first-order valence-corrected chi connectivity index (χ1v) is 15.6. The van der Waals surface area contributed by atoms with Crippen molar-refractivity contribution in [3.8, 4) is 0 Å². The Labute approximate surface area is 257 Å². The van der Waals surface area contributed by atoms with E-state index in [1.165, 1.54) is 5.01 Å². The highest BCUT2D eigenvalue weighted by Crippen LogP contribution is 2.39. The zero-order valence-electron chi connectivity index (χ0n) is 25.8. The number of rotatable bonds is 1. The van der Waals surface area contributed by atoms with Gasteiger partial charge in [-0.15, -0.1) is 0 Å². The Balaban J connectivity index is 1.53. The normalized spacial score (nSPS) is 31.5. The van der Waals surface area contributed by atoms with Gasteiger partial charge in [0.05, 0.1) is 22.7 Å². The molecule has 1 spiro atoms. The van der Waals surface area contributed by atoms with E-state index in [1.54, 1.807) is 13.8 Å². The summed E-state index contributed by atoms with van der Waals surface area (Å²) < 4.78 is 5.78. The van der Waals surface area contributed by atoms with Crippen LogP contribution in [-0.2, 0) is 23.9 Å². The van der Waals surface area contributed by atoms with Crippen LogP contribution in [0.2, 0.25) is 0 Å². The number of carbonyl (C=O) groups excluding carboxylic acids is 4. The van der Waals surface area contributed by atoms with Crippen LogP contribution in [0, 0.1) is 11.3 Å². The molecule has 3 aliphatic rings. The second-order valence-electron chi connectivity index (χ2n) is 12.7. The van der Waals surface area contributed by atoms with Crippen molar-refractivity contribution in [2.24, 2.45) is 11.3 Å². The summed E-state index contributed by atoms with van der Waals surface area (Å²) in [6.07, 6.45) is 5.53. The third-order valence-corrected chi connectivity index (χ3v) is 9.04. The fourth-order valence-electron chi connectivity index (χ4n) is 6.17. The summed E-state index contributed by atoms with van der Waals surface area (Å²) in [5.41, 5.74) is 4.21. The minimum Gasteiger partial charge on any atom is -0.455 e. The van der Waals surface area contributed by atoms with Crippen molar-refractivity contribution >= 4 is 40.7 Å². The lowest BCUT2D eigenvalue weighted by molar-refractivity contribution is -0.157. The van der Waals surface area contributed by atoms with E-state index in [0.29, 0.717) is 56.3 Å². The zero-order chi connectivity index (χ0) is 31.6. The third kappa shape index (κ3) is 6.78. The Morgan fingerprint density at radius 1 is 1.02 bits per heavy atom. The predicted molar refractivity (Wildman–Crippen MR) is 164 cm³/mol. The molecular weight excluding hydrogens is 562 g/mol. The van der Waals surface area contributed by atoms with Crippen molar-refractivity contribution in [1.29, 1.82) is 0 Å². The summed E-state index contributed by atoms with van der Waals surface area (Å²) in [7, 11) is 0. The first-order valence-electron chi connectivity index (χ1n) is 15.6. The molecule has 44 heavy (non-hydrogen) atoms. The fraction of sp³-hybridized carbons (Fsp3) is 0.545. The van der Waals surface area contributed by atoms with Crippen molar-refractivity contribution in [3.63, 3.8) is 0 Å². The van der Waals surface area contributed by atoms with Crippen LogP contribution in [0.5, 0.6) is 0 Å². The number of ether oxygens (including phenoxy) is 1. The molecule has 1 saturated heterocycles. The van der Waals surface area contributed by atoms with E-state index in [-0.39, 0.29) is 11.8 Å². The molecule has 2 aromatic rings. The number of fused-ring (bicyclic) bond motifs is 4. The van der Waals surface area contributed by atoms with Crippen molar-refractivity contribution in [3.05, 3.63) is 47.7 Å². The number of hydrazine groups is 1. The van der Waals surface area contributed by atoms with Crippen LogP contribution in [0.1, 0.15) is 83.6 Å². The predicted octanol–water partition coefficient (Wildman–Crippen LogP) is 2.93. The molecule has 0 radical (unpaired) electrons. The molecule has 3 amide bonds. The molecule has 1 saturated carbocycles. The van der Waals surface area contributed by atoms with Crippen LogP contribution in [0.3, 0.4) is 0 Å². The third-order valence-electron chi connectivity index (χ3n) is 9.04. The molecule has 11 heteroatoms. The lowest BCUT2D eigenvalue weighted by Gasteiger charge is -2.37. The van der Waals surface area contributed by atoms with Gasteiger partial charge in [-0.05, 0) is 76.0 Å². The second kappa shape index (κ2) is 13.0. The standard InChI is InChI=1S/C33H43N5O6/c1-19(2)28-29(40)34-20(3)30(41)38-17-5-6-26(37-38)31(42)44-21(4)25-10-9-23-8-7-22(18-27(23)35-25)11-14-33(32(43)36-28)15-12-24(39)13-16-33/h7-11,14,18-21,24,26,28,37,39H,5-6,12-13,15-17H2,1-4H3,(H,34,40)(H,36,43)/b14-11+/t20-,21+,24-,26-,28?,33-/m0/s1. The number of nitrogens with one attached hydrogen (secondary N) is 3. The molecule has 2 fully saturated rings. The molecule has 11 nitrogen and oxygen atoms in total. The maximum absolute atomic E-state index is 14.0. The Morgan fingerprint density at radius 2 is 1.75 bits per heavy atom. The number of hydrogen-bond acceptors (Lipinski definition) is 8. The summed E-state index contributed by atoms with van der Waals surface area (Å²) >= 11 is 0. The highest BCUT2D eigenvalue weighted by atomic mass is 16.5. The molecule has 236 valence electrons. The molecule has 3 heterocycles. The highest BCUT2D eigenvalue weighted by Gasteiger charge is 2.42. The fourth-order valence-corrected chi connectivity index (χ4v) is 6.17. The van der Waals surface area contributed by atoms with E-state index < -0.39 is 53.5 Å². The van der Waals surface area contributed by atoms with E-state index in [2.05, 4.69) is 16.1 Å². The topological polar surface area (TPSA) is 150 Å². The number of hydrogen-bond donors (Lipinski definition) is 4. The molecule has 1 unspecified atom stereocenters.